The van der Waals surface area contributed by atoms with Crippen molar-refractivity contribution in [2.24, 2.45) is 5.92 Å². The number of nitrogens with zero attached hydrogens (tertiary/aromatic N) is 1. The summed E-state index contributed by atoms with van der Waals surface area (Å²) in [7, 11) is -3.51. The highest BCUT2D eigenvalue weighted by Gasteiger charge is 2.33. The number of rotatable bonds is 3. The van der Waals surface area contributed by atoms with E-state index < -0.39 is 15.8 Å². The van der Waals surface area contributed by atoms with Gasteiger partial charge in [-0.25, -0.2) is 12.8 Å². The van der Waals surface area contributed by atoms with Crippen LogP contribution < -0.4 is 5.32 Å². The van der Waals surface area contributed by atoms with Crippen molar-refractivity contribution in [2.75, 3.05) is 19.6 Å². The molecule has 7 heteroatoms. The summed E-state index contributed by atoms with van der Waals surface area (Å²) in [6.07, 6.45) is 4.22. The zero-order valence-corrected chi connectivity index (χ0v) is 14.9. The molecule has 1 aromatic rings. The molecule has 2 aliphatic heterocycles. The summed E-state index contributed by atoms with van der Waals surface area (Å²) in [6.45, 7) is 3.84. The number of halogens is 2. The first-order valence-corrected chi connectivity index (χ1v) is 9.42. The topological polar surface area (TPSA) is 49.4 Å². The van der Waals surface area contributed by atoms with Gasteiger partial charge < -0.3 is 5.32 Å². The number of sulfonamides is 1. The predicted molar refractivity (Wildman–Crippen MR) is 90.9 cm³/mol. The van der Waals surface area contributed by atoms with Gasteiger partial charge >= 0.3 is 0 Å². The predicted octanol–water partition coefficient (Wildman–Crippen LogP) is 2.71. The summed E-state index contributed by atoms with van der Waals surface area (Å²) < 4.78 is 40.2. The minimum Gasteiger partial charge on any atom is -0.314 e. The molecule has 2 saturated heterocycles. The van der Waals surface area contributed by atoms with Crippen LogP contribution in [0, 0.1) is 18.7 Å². The van der Waals surface area contributed by atoms with Gasteiger partial charge in [-0.3, -0.25) is 0 Å². The van der Waals surface area contributed by atoms with E-state index >= 15 is 0 Å². The standard InChI is InChI=1S/C16H23FN2O2S.ClH/c1-12-11-14(17)4-5-16(12)22(20,21)19-9-6-13(7-10-19)15-3-2-8-18-15;/h4-5,11,13,15,18H,2-3,6-10H2,1H3;1H. The molecule has 1 N–H and O–H groups in total. The van der Waals surface area contributed by atoms with E-state index in [2.05, 4.69) is 5.32 Å². The molecule has 2 heterocycles. The Morgan fingerprint density at radius 1 is 1.22 bits per heavy atom. The van der Waals surface area contributed by atoms with Crippen molar-refractivity contribution in [1.82, 2.24) is 9.62 Å². The quantitative estimate of drug-likeness (QED) is 0.899. The lowest BCUT2D eigenvalue weighted by atomic mass is 9.89. The SMILES string of the molecule is Cc1cc(F)ccc1S(=O)(=O)N1CCC(C2CCCN2)CC1.Cl. The summed E-state index contributed by atoms with van der Waals surface area (Å²) in [6, 6.07) is 4.43. The lowest BCUT2D eigenvalue weighted by Crippen LogP contribution is -2.43. The first kappa shape index (κ1) is 18.6. The van der Waals surface area contributed by atoms with E-state index in [1.54, 1.807) is 11.2 Å². The summed E-state index contributed by atoms with van der Waals surface area (Å²) in [5, 5.41) is 3.52. The van der Waals surface area contributed by atoms with Gasteiger partial charge in [-0.05, 0) is 68.8 Å². The molecule has 1 atom stereocenters. The van der Waals surface area contributed by atoms with Gasteiger partial charge in [0.25, 0.3) is 0 Å². The molecular weight excluding hydrogens is 339 g/mol. The molecule has 0 amide bonds. The van der Waals surface area contributed by atoms with Gasteiger partial charge in [0.05, 0.1) is 4.90 Å². The fourth-order valence-corrected chi connectivity index (χ4v) is 5.35. The molecule has 130 valence electrons. The van der Waals surface area contributed by atoms with E-state index in [0.717, 1.165) is 19.4 Å². The fraction of sp³-hybridized carbons (Fsp3) is 0.625. The number of benzene rings is 1. The number of nitrogens with one attached hydrogen (secondary N) is 1. The normalized spacial score (nSPS) is 23.7. The van der Waals surface area contributed by atoms with Crippen molar-refractivity contribution < 1.29 is 12.8 Å². The van der Waals surface area contributed by atoms with E-state index in [4.69, 9.17) is 0 Å². The maximum atomic E-state index is 13.2. The average molecular weight is 363 g/mol. The van der Waals surface area contributed by atoms with Crippen LogP contribution in [0.5, 0.6) is 0 Å². The van der Waals surface area contributed by atoms with Gasteiger partial charge in [-0.2, -0.15) is 4.31 Å². The van der Waals surface area contributed by atoms with Crippen LogP contribution in [-0.4, -0.2) is 38.4 Å². The number of aryl methyl sites for hydroxylation is 1. The second kappa shape index (κ2) is 7.47. The molecule has 23 heavy (non-hydrogen) atoms. The van der Waals surface area contributed by atoms with Crippen LogP contribution in [0.1, 0.15) is 31.2 Å². The summed E-state index contributed by atoms with van der Waals surface area (Å²) in [4.78, 5) is 0.228. The zero-order chi connectivity index (χ0) is 15.7. The number of hydrogen-bond acceptors (Lipinski definition) is 3. The highest BCUT2D eigenvalue weighted by molar-refractivity contribution is 7.89. The van der Waals surface area contributed by atoms with E-state index in [0.29, 0.717) is 30.6 Å². The van der Waals surface area contributed by atoms with Gasteiger partial charge in [0.1, 0.15) is 5.82 Å². The van der Waals surface area contributed by atoms with Crippen molar-refractivity contribution in [3.8, 4) is 0 Å². The molecule has 0 aromatic heterocycles. The molecule has 4 nitrogen and oxygen atoms in total. The first-order valence-electron chi connectivity index (χ1n) is 7.98. The molecule has 0 saturated carbocycles. The van der Waals surface area contributed by atoms with Crippen molar-refractivity contribution >= 4 is 22.4 Å². The first-order chi connectivity index (χ1) is 10.5. The lowest BCUT2D eigenvalue weighted by molar-refractivity contribution is 0.234. The Balaban J connectivity index is 0.00000192. The van der Waals surface area contributed by atoms with E-state index in [9.17, 15) is 12.8 Å². The van der Waals surface area contributed by atoms with Crippen LogP contribution in [0.3, 0.4) is 0 Å². The van der Waals surface area contributed by atoms with Gasteiger partial charge in [0.2, 0.25) is 10.0 Å². The summed E-state index contributed by atoms with van der Waals surface area (Å²) >= 11 is 0. The van der Waals surface area contributed by atoms with Crippen LogP contribution >= 0.6 is 12.4 Å². The highest BCUT2D eigenvalue weighted by Crippen LogP contribution is 2.29. The van der Waals surface area contributed by atoms with Crippen LogP contribution in [0.15, 0.2) is 23.1 Å². The average Bonchev–Trinajstić information content (AvgIpc) is 3.01. The van der Waals surface area contributed by atoms with Crippen molar-refractivity contribution in [1.29, 1.82) is 0 Å². The monoisotopic (exact) mass is 362 g/mol. The van der Waals surface area contributed by atoms with E-state index in [-0.39, 0.29) is 17.3 Å². The summed E-state index contributed by atoms with van der Waals surface area (Å²) in [5.41, 5.74) is 0.472. The number of piperidine rings is 1. The van der Waals surface area contributed by atoms with Gasteiger partial charge in [-0.15, -0.1) is 12.4 Å². The number of hydrogen-bond donors (Lipinski definition) is 1. The molecule has 2 fully saturated rings. The molecule has 3 rings (SSSR count). The Labute approximate surface area is 143 Å². The Hall–Kier alpha value is -0.690. The van der Waals surface area contributed by atoms with Crippen molar-refractivity contribution in [2.45, 2.75) is 43.5 Å². The van der Waals surface area contributed by atoms with E-state index in [1.165, 1.54) is 31.0 Å². The Morgan fingerprint density at radius 2 is 1.91 bits per heavy atom. The third-order valence-corrected chi connectivity index (χ3v) is 6.98. The highest BCUT2D eigenvalue weighted by atomic mass is 35.5. The molecule has 1 aromatic carbocycles. The molecule has 1 unspecified atom stereocenters. The van der Waals surface area contributed by atoms with Crippen molar-refractivity contribution in [3.63, 3.8) is 0 Å². The Morgan fingerprint density at radius 3 is 2.48 bits per heavy atom. The Bertz CT molecular complexity index is 639. The van der Waals surface area contributed by atoms with Crippen LogP contribution in [-0.2, 0) is 10.0 Å². The zero-order valence-electron chi connectivity index (χ0n) is 13.3. The largest absolute Gasteiger partial charge is 0.314 e. The minimum absolute atomic E-state index is 0. The van der Waals surface area contributed by atoms with E-state index in [1.807, 2.05) is 0 Å². The second-order valence-electron chi connectivity index (χ2n) is 6.35. The second-order valence-corrected chi connectivity index (χ2v) is 8.26. The summed E-state index contributed by atoms with van der Waals surface area (Å²) in [5.74, 6) is 0.172. The maximum absolute atomic E-state index is 13.2. The van der Waals surface area contributed by atoms with Gasteiger partial charge in [-0.1, -0.05) is 0 Å². The third-order valence-electron chi connectivity index (χ3n) is 4.92. The van der Waals surface area contributed by atoms with Gasteiger partial charge in [0.15, 0.2) is 0 Å². The fourth-order valence-electron chi connectivity index (χ4n) is 3.67. The molecule has 0 spiro atoms. The van der Waals surface area contributed by atoms with Crippen LogP contribution in [0.2, 0.25) is 0 Å². The molecule has 0 bridgehead atoms. The Kier molecular flexibility index (Phi) is 6.05. The van der Waals surface area contributed by atoms with Gasteiger partial charge in [0, 0.05) is 19.1 Å². The molecule has 2 aliphatic rings. The molecular formula is C16H24ClFN2O2S. The third kappa shape index (κ3) is 3.87. The smallest absolute Gasteiger partial charge is 0.243 e. The maximum Gasteiger partial charge on any atom is 0.243 e. The van der Waals surface area contributed by atoms with Crippen LogP contribution in [0.4, 0.5) is 4.39 Å². The van der Waals surface area contributed by atoms with Crippen LogP contribution in [0.25, 0.3) is 0 Å². The molecule has 0 radical (unpaired) electrons. The van der Waals surface area contributed by atoms with Crippen molar-refractivity contribution in [3.05, 3.63) is 29.6 Å². The lowest BCUT2D eigenvalue weighted by Gasteiger charge is -2.34. The molecule has 0 aliphatic carbocycles. The minimum atomic E-state index is -3.51.